The number of amides is 1. The molecule has 0 spiro atoms. The molecule has 0 aromatic carbocycles. The zero-order valence-electron chi connectivity index (χ0n) is 11.6. The summed E-state index contributed by atoms with van der Waals surface area (Å²) in [6.45, 7) is 3.12. The van der Waals surface area contributed by atoms with Crippen LogP contribution in [0.3, 0.4) is 0 Å². The number of aryl methyl sites for hydroxylation is 1. The van der Waals surface area contributed by atoms with Gasteiger partial charge in [-0.2, -0.15) is 0 Å². The van der Waals surface area contributed by atoms with Gasteiger partial charge in [0.15, 0.2) is 0 Å². The van der Waals surface area contributed by atoms with E-state index in [-0.39, 0.29) is 11.9 Å². The lowest BCUT2D eigenvalue weighted by atomic mass is 10.0. The highest BCUT2D eigenvalue weighted by Gasteiger charge is 2.28. The molecular formula is C14H18N4O2. The maximum atomic E-state index is 12.5. The van der Waals surface area contributed by atoms with Gasteiger partial charge in [0, 0.05) is 32.1 Å². The van der Waals surface area contributed by atoms with E-state index in [0.29, 0.717) is 19.5 Å². The van der Waals surface area contributed by atoms with Gasteiger partial charge in [-0.15, -0.1) is 0 Å². The van der Waals surface area contributed by atoms with E-state index in [9.17, 15) is 4.79 Å². The first-order chi connectivity index (χ1) is 9.65. The summed E-state index contributed by atoms with van der Waals surface area (Å²) in [6, 6.07) is 1.70. The topological polar surface area (TPSA) is 74.2 Å². The van der Waals surface area contributed by atoms with Crippen LogP contribution in [0.1, 0.15) is 22.7 Å². The number of hydrogen-bond acceptors (Lipinski definition) is 4. The third kappa shape index (κ3) is 2.34. The SMILES string of the molecule is Cc1occc1CN(C)C(=O)C1Cc2nc[nH]c2CN1. The Morgan fingerprint density at radius 1 is 1.60 bits per heavy atom. The van der Waals surface area contributed by atoms with Crippen LogP contribution in [-0.2, 0) is 24.3 Å². The standard InChI is InChI=1S/C14H18N4O2/c1-9-10(3-4-20-9)7-18(2)14(19)12-5-11-13(6-15-12)17-8-16-11/h3-4,8,12,15H,5-7H2,1-2H3,(H,16,17). The number of imidazole rings is 1. The summed E-state index contributed by atoms with van der Waals surface area (Å²) in [5.74, 6) is 0.940. The molecule has 0 radical (unpaired) electrons. The molecule has 1 aliphatic rings. The van der Waals surface area contributed by atoms with Gasteiger partial charge >= 0.3 is 0 Å². The maximum Gasteiger partial charge on any atom is 0.240 e. The van der Waals surface area contributed by atoms with Crippen molar-refractivity contribution in [3.63, 3.8) is 0 Å². The predicted octanol–water partition coefficient (Wildman–Crippen LogP) is 0.984. The monoisotopic (exact) mass is 274 g/mol. The number of furan rings is 1. The second kappa shape index (κ2) is 5.13. The molecule has 1 amide bonds. The summed E-state index contributed by atoms with van der Waals surface area (Å²) >= 11 is 0. The van der Waals surface area contributed by atoms with Gasteiger partial charge in [-0.1, -0.05) is 0 Å². The number of aromatic amines is 1. The molecule has 0 bridgehead atoms. The van der Waals surface area contributed by atoms with Crippen LogP contribution in [0.5, 0.6) is 0 Å². The Balaban J connectivity index is 1.66. The van der Waals surface area contributed by atoms with Crippen molar-refractivity contribution in [2.75, 3.05) is 7.05 Å². The van der Waals surface area contributed by atoms with E-state index in [2.05, 4.69) is 15.3 Å². The van der Waals surface area contributed by atoms with Gasteiger partial charge in [0.25, 0.3) is 0 Å². The van der Waals surface area contributed by atoms with Crippen LogP contribution in [0.4, 0.5) is 0 Å². The number of nitrogens with one attached hydrogen (secondary N) is 2. The molecule has 106 valence electrons. The highest BCUT2D eigenvalue weighted by molar-refractivity contribution is 5.82. The molecule has 0 aliphatic carbocycles. The van der Waals surface area contributed by atoms with Crippen LogP contribution < -0.4 is 5.32 Å². The maximum absolute atomic E-state index is 12.5. The van der Waals surface area contributed by atoms with E-state index >= 15 is 0 Å². The fourth-order valence-electron chi connectivity index (χ4n) is 2.52. The third-order valence-electron chi connectivity index (χ3n) is 3.78. The molecule has 6 heteroatoms. The summed E-state index contributed by atoms with van der Waals surface area (Å²) in [5.41, 5.74) is 3.09. The molecule has 1 aliphatic heterocycles. The summed E-state index contributed by atoms with van der Waals surface area (Å²) in [6.07, 6.45) is 3.96. The number of likely N-dealkylation sites (N-methyl/N-ethyl adjacent to an activating group) is 1. The molecule has 0 fully saturated rings. The second-order valence-corrected chi connectivity index (χ2v) is 5.16. The van der Waals surface area contributed by atoms with Gasteiger partial charge in [0.1, 0.15) is 5.76 Å². The first-order valence-corrected chi connectivity index (χ1v) is 6.67. The van der Waals surface area contributed by atoms with Gasteiger partial charge in [-0.3, -0.25) is 10.1 Å². The lowest BCUT2D eigenvalue weighted by Gasteiger charge is -2.27. The third-order valence-corrected chi connectivity index (χ3v) is 3.78. The smallest absolute Gasteiger partial charge is 0.240 e. The summed E-state index contributed by atoms with van der Waals surface area (Å²) in [5, 5.41) is 3.25. The molecular weight excluding hydrogens is 256 g/mol. The van der Waals surface area contributed by atoms with Gasteiger partial charge in [0.05, 0.1) is 30.0 Å². The molecule has 1 unspecified atom stereocenters. The molecule has 3 rings (SSSR count). The number of hydrogen-bond donors (Lipinski definition) is 2. The van der Waals surface area contributed by atoms with Gasteiger partial charge in [-0.25, -0.2) is 4.98 Å². The van der Waals surface area contributed by atoms with Crippen molar-refractivity contribution < 1.29 is 9.21 Å². The van der Waals surface area contributed by atoms with Crippen LogP contribution in [0.2, 0.25) is 0 Å². The minimum absolute atomic E-state index is 0.0826. The van der Waals surface area contributed by atoms with Crippen molar-refractivity contribution in [2.24, 2.45) is 0 Å². The number of carbonyl (C=O) groups excluding carboxylic acids is 1. The lowest BCUT2D eigenvalue weighted by molar-refractivity contribution is -0.132. The molecule has 1 atom stereocenters. The lowest BCUT2D eigenvalue weighted by Crippen LogP contribution is -2.48. The number of fused-ring (bicyclic) bond motifs is 1. The van der Waals surface area contributed by atoms with E-state index in [1.54, 1.807) is 17.5 Å². The molecule has 2 aromatic rings. The molecule has 0 saturated heterocycles. The summed E-state index contributed by atoms with van der Waals surface area (Å²) in [7, 11) is 1.82. The van der Waals surface area contributed by atoms with Crippen LogP contribution in [0.15, 0.2) is 23.1 Å². The van der Waals surface area contributed by atoms with Crippen molar-refractivity contribution in [2.45, 2.75) is 32.5 Å². The van der Waals surface area contributed by atoms with E-state index in [1.807, 2.05) is 20.0 Å². The minimum atomic E-state index is -0.206. The molecule has 2 aromatic heterocycles. The van der Waals surface area contributed by atoms with Crippen molar-refractivity contribution in [1.29, 1.82) is 0 Å². The minimum Gasteiger partial charge on any atom is -0.469 e. The number of H-pyrrole nitrogens is 1. The fraction of sp³-hybridized carbons (Fsp3) is 0.429. The first kappa shape index (κ1) is 12.9. The zero-order valence-corrected chi connectivity index (χ0v) is 11.6. The van der Waals surface area contributed by atoms with Crippen LogP contribution >= 0.6 is 0 Å². The van der Waals surface area contributed by atoms with Crippen molar-refractivity contribution in [3.05, 3.63) is 41.4 Å². The summed E-state index contributed by atoms with van der Waals surface area (Å²) in [4.78, 5) is 21.5. The zero-order chi connectivity index (χ0) is 14.1. The molecule has 2 N–H and O–H groups in total. The highest BCUT2D eigenvalue weighted by Crippen LogP contribution is 2.16. The Hall–Kier alpha value is -2.08. The molecule has 6 nitrogen and oxygen atoms in total. The Morgan fingerprint density at radius 3 is 3.20 bits per heavy atom. The Kier molecular flexibility index (Phi) is 3.31. The van der Waals surface area contributed by atoms with E-state index < -0.39 is 0 Å². The van der Waals surface area contributed by atoms with Crippen molar-refractivity contribution in [3.8, 4) is 0 Å². The number of carbonyl (C=O) groups is 1. The van der Waals surface area contributed by atoms with Gasteiger partial charge < -0.3 is 14.3 Å². The van der Waals surface area contributed by atoms with E-state index in [4.69, 9.17) is 4.42 Å². The molecule has 0 saturated carbocycles. The largest absolute Gasteiger partial charge is 0.469 e. The second-order valence-electron chi connectivity index (χ2n) is 5.16. The van der Waals surface area contributed by atoms with Gasteiger partial charge in [0.2, 0.25) is 5.91 Å². The first-order valence-electron chi connectivity index (χ1n) is 6.67. The highest BCUT2D eigenvalue weighted by atomic mass is 16.3. The summed E-state index contributed by atoms with van der Waals surface area (Å²) < 4.78 is 5.26. The molecule has 20 heavy (non-hydrogen) atoms. The quantitative estimate of drug-likeness (QED) is 0.875. The van der Waals surface area contributed by atoms with Crippen LogP contribution in [0.25, 0.3) is 0 Å². The fourth-order valence-corrected chi connectivity index (χ4v) is 2.52. The van der Waals surface area contributed by atoms with Crippen molar-refractivity contribution >= 4 is 5.91 Å². The number of rotatable bonds is 3. The Bertz CT molecular complexity index is 616. The average molecular weight is 274 g/mol. The number of aromatic nitrogens is 2. The van der Waals surface area contributed by atoms with Crippen molar-refractivity contribution in [1.82, 2.24) is 20.2 Å². The van der Waals surface area contributed by atoms with E-state index in [0.717, 1.165) is 22.7 Å². The Morgan fingerprint density at radius 2 is 2.45 bits per heavy atom. The Labute approximate surface area is 117 Å². The van der Waals surface area contributed by atoms with Crippen LogP contribution in [0, 0.1) is 6.92 Å². The van der Waals surface area contributed by atoms with Crippen LogP contribution in [-0.4, -0.2) is 33.9 Å². The normalized spacial score (nSPS) is 17.8. The predicted molar refractivity (Wildman–Crippen MR) is 72.8 cm³/mol. The van der Waals surface area contributed by atoms with Gasteiger partial charge in [-0.05, 0) is 13.0 Å². The van der Waals surface area contributed by atoms with E-state index in [1.165, 1.54) is 0 Å². The number of nitrogens with zero attached hydrogens (tertiary/aromatic N) is 2. The average Bonchev–Trinajstić information content (AvgIpc) is 3.06. The molecule has 3 heterocycles.